The van der Waals surface area contributed by atoms with Crippen molar-refractivity contribution in [3.63, 3.8) is 0 Å². The molecule has 0 aliphatic heterocycles. The van der Waals surface area contributed by atoms with E-state index in [1.165, 1.54) is 17.8 Å². The molecule has 2 aromatic rings. The maximum absolute atomic E-state index is 13.0. The number of hydrogen-bond donors (Lipinski definition) is 1. The summed E-state index contributed by atoms with van der Waals surface area (Å²) in [6.07, 6.45) is 3.31. The zero-order valence-electron chi connectivity index (χ0n) is 8.86. The lowest BCUT2D eigenvalue weighted by atomic mass is 10.3. The van der Waals surface area contributed by atoms with E-state index >= 15 is 0 Å². The van der Waals surface area contributed by atoms with Gasteiger partial charge in [0.15, 0.2) is 11.6 Å². The van der Waals surface area contributed by atoms with Crippen LogP contribution in [0, 0.1) is 11.6 Å². The second kappa shape index (κ2) is 5.25. The molecule has 0 aliphatic carbocycles. The Bertz CT molecular complexity index is 532. The third-order valence-corrected chi connectivity index (χ3v) is 3.29. The molecule has 5 heteroatoms. The lowest BCUT2D eigenvalue weighted by Crippen LogP contribution is -1.98. The summed E-state index contributed by atoms with van der Waals surface area (Å²) in [4.78, 5) is 5.45. The first-order valence-electron chi connectivity index (χ1n) is 4.96. The molecule has 0 unspecified atom stereocenters. The van der Waals surface area contributed by atoms with Gasteiger partial charge in [-0.2, -0.15) is 0 Å². The molecule has 0 radical (unpaired) electrons. The maximum Gasteiger partial charge on any atom is 0.159 e. The van der Waals surface area contributed by atoms with E-state index in [9.17, 15) is 8.78 Å². The van der Waals surface area contributed by atoms with Crippen molar-refractivity contribution in [3.8, 4) is 0 Å². The first kappa shape index (κ1) is 12.0. The minimum Gasteiger partial charge on any atom is -0.326 e. The molecule has 0 saturated heterocycles. The van der Waals surface area contributed by atoms with Gasteiger partial charge in [0.2, 0.25) is 0 Å². The summed E-state index contributed by atoms with van der Waals surface area (Å²) in [5, 5.41) is 0. The SMILES string of the molecule is NCc1ccncc1Sc1ccc(F)c(F)c1. The molecule has 88 valence electrons. The van der Waals surface area contributed by atoms with Crippen LogP contribution in [0.15, 0.2) is 46.5 Å². The van der Waals surface area contributed by atoms with E-state index < -0.39 is 11.6 Å². The Morgan fingerprint density at radius 3 is 2.71 bits per heavy atom. The van der Waals surface area contributed by atoms with Crippen LogP contribution in [0.25, 0.3) is 0 Å². The van der Waals surface area contributed by atoms with E-state index in [0.717, 1.165) is 22.6 Å². The quantitative estimate of drug-likeness (QED) is 0.912. The van der Waals surface area contributed by atoms with Crippen molar-refractivity contribution in [3.05, 3.63) is 53.9 Å². The van der Waals surface area contributed by atoms with Gasteiger partial charge in [0.25, 0.3) is 0 Å². The van der Waals surface area contributed by atoms with E-state index in [-0.39, 0.29) is 0 Å². The Morgan fingerprint density at radius 1 is 1.18 bits per heavy atom. The molecule has 1 aromatic heterocycles. The Labute approximate surface area is 102 Å². The Kier molecular flexibility index (Phi) is 3.71. The molecule has 1 heterocycles. The van der Waals surface area contributed by atoms with Crippen LogP contribution in [0.5, 0.6) is 0 Å². The van der Waals surface area contributed by atoms with Crippen LogP contribution in [0.4, 0.5) is 8.78 Å². The number of pyridine rings is 1. The summed E-state index contributed by atoms with van der Waals surface area (Å²) in [6, 6.07) is 5.60. The summed E-state index contributed by atoms with van der Waals surface area (Å²) in [5.74, 6) is -1.70. The first-order chi connectivity index (χ1) is 8.20. The predicted molar refractivity (Wildman–Crippen MR) is 62.6 cm³/mol. The number of aromatic nitrogens is 1. The van der Waals surface area contributed by atoms with Gasteiger partial charge in [0.1, 0.15) is 0 Å². The number of hydrogen-bond acceptors (Lipinski definition) is 3. The lowest BCUT2D eigenvalue weighted by molar-refractivity contribution is 0.506. The molecular weight excluding hydrogens is 242 g/mol. The predicted octanol–water partition coefficient (Wildman–Crippen LogP) is 2.97. The molecule has 1 aromatic carbocycles. The smallest absolute Gasteiger partial charge is 0.159 e. The normalized spacial score (nSPS) is 10.5. The third kappa shape index (κ3) is 2.81. The molecule has 2 N–H and O–H groups in total. The second-order valence-electron chi connectivity index (χ2n) is 3.37. The first-order valence-corrected chi connectivity index (χ1v) is 5.78. The van der Waals surface area contributed by atoms with Crippen molar-refractivity contribution in [1.82, 2.24) is 4.98 Å². The average Bonchev–Trinajstić information content (AvgIpc) is 2.34. The largest absolute Gasteiger partial charge is 0.326 e. The number of benzene rings is 1. The fraction of sp³-hybridized carbons (Fsp3) is 0.0833. The van der Waals surface area contributed by atoms with Crippen LogP contribution in [0.2, 0.25) is 0 Å². The van der Waals surface area contributed by atoms with Gasteiger partial charge in [-0.3, -0.25) is 4.98 Å². The zero-order valence-corrected chi connectivity index (χ0v) is 9.68. The minimum atomic E-state index is -0.854. The van der Waals surface area contributed by atoms with E-state index in [2.05, 4.69) is 4.98 Å². The molecule has 0 amide bonds. The van der Waals surface area contributed by atoms with Crippen LogP contribution in [-0.2, 0) is 6.54 Å². The molecule has 2 rings (SSSR count). The summed E-state index contributed by atoms with van der Waals surface area (Å²) in [5.41, 5.74) is 6.51. The van der Waals surface area contributed by atoms with E-state index in [1.807, 2.05) is 6.07 Å². The molecule has 0 fully saturated rings. The van der Waals surface area contributed by atoms with Crippen LogP contribution in [0.3, 0.4) is 0 Å². The highest BCUT2D eigenvalue weighted by Crippen LogP contribution is 2.30. The highest BCUT2D eigenvalue weighted by molar-refractivity contribution is 7.99. The van der Waals surface area contributed by atoms with Crippen molar-refractivity contribution in [1.29, 1.82) is 0 Å². The summed E-state index contributed by atoms with van der Waals surface area (Å²) < 4.78 is 25.8. The van der Waals surface area contributed by atoms with Crippen LogP contribution in [0.1, 0.15) is 5.56 Å². The maximum atomic E-state index is 13.0. The Hall–Kier alpha value is -1.46. The van der Waals surface area contributed by atoms with E-state index in [4.69, 9.17) is 5.73 Å². The highest BCUT2D eigenvalue weighted by atomic mass is 32.2. The zero-order chi connectivity index (χ0) is 12.3. The average molecular weight is 252 g/mol. The minimum absolute atomic E-state index is 0.383. The molecular formula is C12H10F2N2S. The van der Waals surface area contributed by atoms with E-state index in [1.54, 1.807) is 12.4 Å². The molecule has 0 bridgehead atoms. The number of rotatable bonds is 3. The van der Waals surface area contributed by atoms with Crippen molar-refractivity contribution in [2.24, 2.45) is 5.73 Å². The lowest BCUT2D eigenvalue weighted by Gasteiger charge is -2.06. The highest BCUT2D eigenvalue weighted by Gasteiger charge is 2.06. The number of nitrogens with zero attached hydrogens (tertiary/aromatic N) is 1. The van der Waals surface area contributed by atoms with Crippen molar-refractivity contribution < 1.29 is 8.78 Å². The van der Waals surface area contributed by atoms with Crippen LogP contribution < -0.4 is 5.73 Å². The Morgan fingerprint density at radius 2 is 2.00 bits per heavy atom. The van der Waals surface area contributed by atoms with Crippen molar-refractivity contribution in [2.45, 2.75) is 16.3 Å². The summed E-state index contributed by atoms with van der Waals surface area (Å²) in [7, 11) is 0. The fourth-order valence-corrected chi connectivity index (χ4v) is 2.29. The standard InChI is InChI=1S/C12H10F2N2S/c13-10-2-1-9(5-11(10)14)17-12-7-16-4-3-8(12)6-15/h1-5,7H,6,15H2. The molecule has 17 heavy (non-hydrogen) atoms. The van der Waals surface area contributed by atoms with Gasteiger partial charge < -0.3 is 5.73 Å². The fourth-order valence-electron chi connectivity index (χ4n) is 1.34. The summed E-state index contributed by atoms with van der Waals surface area (Å²) in [6.45, 7) is 0.383. The number of nitrogens with two attached hydrogens (primary N) is 1. The van der Waals surface area contributed by atoms with E-state index in [0.29, 0.717) is 11.4 Å². The van der Waals surface area contributed by atoms with Crippen molar-refractivity contribution >= 4 is 11.8 Å². The van der Waals surface area contributed by atoms with Gasteiger partial charge in [0, 0.05) is 28.7 Å². The Balaban J connectivity index is 2.28. The topological polar surface area (TPSA) is 38.9 Å². The van der Waals surface area contributed by atoms with Gasteiger partial charge in [-0.15, -0.1) is 0 Å². The summed E-state index contributed by atoms with van der Waals surface area (Å²) >= 11 is 1.31. The second-order valence-corrected chi connectivity index (χ2v) is 4.48. The number of halogens is 2. The monoisotopic (exact) mass is 252 g/mol. The van der Waals surface area contributed by atoms with Crippen molar-refractivity contribution in [2.75, 3.05) is 0 Å². The molecule has 0 spiro atoms. The molecule has 0 aliphatic rings. The third-order valence-electron chi connectivity index (χ3n) is 2.21. The van der Waals surface area contributed by atoms with Crippen LogP contribution >= 0.6 is 11.8 Å². The molecule has 2 nitrogen and oxygen atoms in total. The molecule has 0 atom stereocenters. The van der Waals surface area contributed by atoms with Gasteiger partial charge >= 0.3 is 0 Å². The van der Waals surface area contributed by atoms with Crippen LogP contribution in [-0.4, -0.2) is 4.98 Å². The molecule has 0 saturated carbocycles. The van der Waals surface area contributed by atoms with Gasteiger partial charge in [-0.05, 0) is 29.8 Å². The van der Waals surface area contributed by atoms with Gasteiger partial charge in [-0.1, -0.05) is 11.8 Å². The van der Waals surface area contributed by atoms with Gasteiger partial charge in [-0.25, -0.2) is 8.78 Å². The van der Waals surface area contributed by atoms with Gasteiger partial charge in [0.05, 0.1) is 0 Å².